The summed E-state index contributed by atoms with van der Waals surface area (Å²) in [6, 6.07) is 11.9. The van der Waals surface area contributed by atoms with Crippen molar-refractivity contribution < 1.29 is 23.8 Å². The molecule has 28 heavy (non-hydrogen) atoms. The highest BCUT2D eigenvalue weighted by Crippen LogP contribution is 2.29. The van der Waals surface area contributed by atoms with Crippen LogP contribution in [0.15, 0.2) is 48.5 Å². The van der Waals surface area contributed by atoms with Gasteiger partial charge in [0.25, 0.3) is 0 Å². The average molecular weight is 383 g/mol. The van der Waals surface area contributed by atoms with Crippen LogP contribution in [0.5, 0.6) is 11.5 Å². The molecule has 0 atom stereocenters. The molecule has 6 heteroatoms. The molecule has 0 aliphatic carbocycles. The highest BCUT2D eigenvalue weighted by atomic mass is 16.5. The van der Waals surface area contributed by atoms with E-state index in [1.165, 1.54) is 13.2 Å². The fraction of sp³-hybridized carbons (Fsp3) is 0.273. The van der Waals surface area contributed by atoms with Gasteiger partial charge in [-0.15, -0.1) is 0 Å². The lowest BCUT2D eigenvalue weighted by atomic mass is 10.1. The number of anilines is 1. The van der Waals surface area contributed by atoms with Crippen LogP contribution in [-0.4, -0.2) is 32.7 Å². The highest BCUT2D eigenvalue weighted by molar-refractivity contribution is 6.02. The van der Waals surface area contributed by atoms with Gasteiger partial charge < -0.3 is 19.5 Å². The van der Waals surface area contributed by atoms with Crippen LogP contribution in [0.2, 0.25) is 0 Å². The summed E-state index contributed by atoms with van der Waals surface area (Å²) in [5.41, 5.74) is 1.81. The van der Waals surface area contributed by atoms with Gasteiger partial charge in [0.05, 0.1) is 26.4 Å². The Labute approximate surface area is 165 Å². The lowest BCUT2D eigenvalue weighted by molar-refractivity contribution is -0.111. The standard InChI is InChI=1S/C22H25NO5/c1-15(2)14-28-19-11-5-16(13-20(19)26-3)6-12-21(24)23-18-9-7-17(8-10-18)22(25)27-4/h5-13,15H,14H2,1-4H3,(H,23,24)/b12-6+. The molecular formula is C22H25NO5. The molecule has 0 fully saturated rings. The van der Waals surface area contributed by atoms with E-state index in [0.717, 1.165) is 5.56 Å². The van der Waals surface area contributed by atoms with Gasteiger partial charge in [0.1, 0.15) is 0 Å². The fourth-order valence-corrected chi connectivity index (χ4v) is 2.33. The van der Waals surface area contributed by atoms with Gasteiger partial charge in [-0.25, -0.2) is 4.79 Å². The van der Waals surface area contributed by atoms with E-state index in [0.29, 0.717) is 35.3 Å². The van der Waals surface area contributed by atoms with Crippen molar-refractivity contribution >= 4 is 23.6 Å². The first-order valence-corrected chi connectivity index (χ1v) is 8.91. The predicted octanol–water partition coefficient (Wildman–Crippen LogP) is 4.17. The third kappa shape index (κ3) is 6.16. The monoisotopic (exact) mass is 383 g/mol. The number of ether oxygens (including phenoxy) is 3. The second-order valence-electron chi connectivity index (χ2n) is 6.51. The molecule has 0 saturated carbocycles. The molecule has 1 N–H and O–H groups in total. The Morgan fingerprint density at radius 3 is 2.36 bits per heavy atom. The van der Waals surface area contributed by atoms with E-state index >= 15 is 0 Å². The maximum atomic E-state index is 12.1. The Morgan fingerprint density at radius 2 is 1.75 bits per heavy atom. The molecule has 0 saturated heterocycles. The molecule has 6 nitrogen and oxygen atoms in total. The Kier molecular flexibility index (Phi) is 7.63. The molecule has 148 valence electrons. The maximum Gasteiger partial charge on any atom is 0.337 e. The van der Waals surface area contributed by atoms with Gasteiger partial charge in [0, 0.05) is 11.8 Å². The van der Waals surface area contributed by atoms with E-state index in [4.69, 9.17) is 9.47 Å². The Balaban J connectivity index is 2.00. The first kappa shape index (κ1) is 21.0. The van der Waals surface area contributed by atoms with Crippen molar-refractivity contribution in [1.29, 1.82) is 0 Å². The van der Waals surface area contributed by atoms with Crippen molar-refractivity contribution in [3.8, 4) is 11.5 Å². The molecule has 0 unspecified atom stereocenters. The lowest BCUT2D eigenvalue weighted by Crippen LogP contribution is -2.08. The van der Waals surface area contributed by atoms with E-state index in [2.05, 4.69) is 23.9 Å². The predicted molar refractivity (Wildman–Crippen MR) is 109 cm³/mol. The first-order valence-electron chi connectivity index (χ1n) is 8.91. The van der Waals surface area contributed by atoms with Gasteiger partial charge in [-0.3, -0.25) is 4.79 Å². The molecule has 0 radical (unpaired) electrons. The van der Waals surface area contributed by atoms with Crippen molar-refractivity contribution in [3.05, 3.63) is 59.7 Å². The summed E-state index contributed by atoms with van der Waals surface area (Å²) in [5.74, 6) is 0.984. The summed E-state index contributed by atoms with van der Waals surface area (Å²) in [6.07, 6.45) is 3.12. The van der Waals surface area contributed by atoms with Crippen LogP contribution >= 0.6 is 0 Å². The summed E-state index contributed by atoms with van der Waals surface area (Å²) < 4.78 is 15.7. The number of hydrogen-bond donors (Lipinski definition) is 1. The minimum absolute atomic E-state index is 0.287. The van der Waals surface area contributed by atoms with Crippen molar-refractivity contribution in [2.24, 2.45) is 5.92 Å². The number of carbonyl (C=O) groups is 2. The van der Waals surface area contributed by atoms with E-state index in [9.17, 15) is 9.59 Å². The van der Waals surface area contributed by atoms with Gasteiger partial charge in [0.2, 0.25) is 5.91 Å². The Bertz CT molecular complexity index is 841. The topological polar surface area (TPSA) is 73.9 Å². The van der Waals surface area contributed by atoms with Crippen LogP contribution in [0, 0.1) is 5.92 Å². The first-order chi connectivity index (χ1) is 13.4. The quantitative estimate of drug-likeness (QED) is 0.547. The Hall–Kier alpha value is -3.28. The van der Waals surface area contributed by atoms with E-state index in [1.807, 2.05) is 18.2 Å². The van der Waals surface area contributed by atoms with Crippen LogP contribution < -0.4 is 14.8 Å². The van der Waals surface area contributed by atoms with Crippen molar-refractivity contribution in [3.63, 3.8) is 0 Å². The number of methoxy groups -OCH3 is 2. The second kappa shape index (κ2) is 10.2. The molecule has 0 spiro atoms. The highest BCUT2D eigenvalue weighted by Gasteiger charge is 2.07. The van der Waals surface area contributed by atoms with Gasteiger partial charge in [-0.1, -0.05) is 19.9 Å². The molecule has 0 aliphatic rings. The lowest BCUT2D eigenvalue weighted by Gasteiger charge is -2.12. The van der Waals surface area contributed by atoms with Crippen molar-refractivity contribution in [2.45, 2.75) is 13.8 Å². The van der Waals surface area contributed by atoms with Crippen LogP contribution in [0.1, 0.15) is 29.8 Å². The normalized spacial score (nSPS) is 10.8. The van der Waals surface area contributed by atoms with E-state index in [-0.39, 0.29) is 5.91 Å². The van der Waals surface area contributed by atoms with Gasteiger partial charge in [-0.2, -0.15) is 0 Å². The van der Waals surface area contributed by atoms with Gasteiger partial charge >= 0.3 is 5.97 Å². The second-order valence-corrected chi connectivity index (χ2v) is 6.51. The average Bonchev–Trinajstić information content (AvgIpc) is 2.70. The summed E-state index contributed by atoms with van der Waals surface area (Å²) in [4.78, 5) is 23.5. The number of amides is 1. The molecular weight excluding hydrogens is 358 g/mol. The zero-order valence-corrected chi connectivity index (χ0v) is 16.5. The molecule has 0 aromatic heterocycles. The zero-order chi connectivity index (χ0) is 20.5. The number of esters is 1. The largest absolute Gasteiger partial charge is 0.493 e. The maximum absolute atomic E-state index is 12.1. The smallest absolute Gasteiger partial charge is 0.337 e. The summed E-state index contributed by atoms with van der Waals surface area (Å²) in [6.45, 7) is 4.75. The summed E-state index contributed by atoms with van der Waals surface area (Å²) >= 11 is 0. The molecule has 2 aromatic rings. The van der Waals surface area contributed by atoms with Crippen LogP contribution in [0.4, 0.5) is 5.69 Å². The molecule has 0 bridgehead atoms. The Morgan fingerprint density at radius 1 is 1.04 bits per heavy atom. The van der Waals surface area contributed by atoms with Gasteiger partial charge in [-0.05, 0) is 54.0 Å². The minimum Gasteiger partial charge on any atom is -0.493 e. The van der Waals surface area contributed by atoms with Gasteiger partial charge in [0.15, 0.2) is 11.5 Å². The third-order valence-electron chi connectivity index (χ3n) is 3.76. The van der Waals surface area contributed by atoms with Crippen LogP contribution in [0.25, 0.3) is 6.08 Å². The minimum atomic E-state index is -0.424. The molecule has 0 heterocycles. The van der Waals surface area contributed by atoms with Crippen molar-refractivity contribution in [1.82, 2.24) is 0 Å². The molecule has 1 amide bonds. The molecule has 2 rings (SSSR count). The molecule has 2 aromatic carbocycles. The number of hydrogen-bond acceptors (Lipinski definition) is 5. The summed E-state index contributed by atoms with van der Waals surface area (Å²) in [5, 5.41) is 2.74. The number of carbonyl (C=O) groups excluding carboxylic acids is 2. The number of rotatable bonds is 8. The number of benzene rings is 2. The van der Waals surface area contributed by atoms with E-state index < -0.39 is 5.97 Å². The zero-order valence-electron chi connectivity index (χ0n) is 16.5. The van der Waals surface area contributed by atoms with Crippen molar-refractivity contribution in [2.75, 3.05) is 26.1 Å². The molecule has 0 aliphatic heterocycles. The number of nitrogens with one attached hydrogen (secondary N) is 1. The SMILES string of the molecule is COC(=O)c1ccc(NC(=O)/C=C/c2ccc(OCC(C)C)c(OC)c2)cc1. The van der Waals surface area contributed by atoms with Crippen LogP contribution in [-0.2, 0) is 9.53 Å². The third-order valence-corrected chi connectivity index (χ3v) is 3.76. The van der Waals surface area contributed by atoms with E-state index in [1.54, 1.807) is 37.5 Å². The summed E-state index contributed by atoms with van der Waals surface area (Å²) in [7, 11) is 2.90. The van der Waals surface area contributed by atoms with Crippen LogP contribution in [0.3, 0.4) is 0 Å². The fourth-order valence-electron chi connectivity index (χ4n) is 2.33.